The molecule has 0 spiro atoms. The molecule has 1 N–H and O–H groups in total. The van der Waals surface area contributed by atoms with Crippen LogP contribution in [0.25, 0.3) is 15.7 Å². The van der Waals surface area contributed by atoms with Gasteiger partial charge in [0.2, 0.25) is 5.91 Å². The zero-order valence-electron chi connectivity index (χ0n) is 15.9. The Balaban J connectivity index is 1.78. The molecule has 0 saturated carbocycles. The fourth-order valence-corrected chi connectivity index (χ4v) is 4.56. The van der Waals surface area contributed by atoms with Crippen molar-refractivity contribution in [3.63, 3.8) is 0 Å². The van der Waals surface area contributed by atoms with E-state index in [-0.39, 0.29) is 29.0 Å². The van der Waals surface area contributed by atoms with Crippen LogP contribution in [0, 0.1) is 11.3 Å². The minimum atomic E-state index is -1.03. The lowest BCUT2D eigenvalue weighted by molar-refractivity contribution is -0.126. The Kier molecular flexibility index (Phi) is 5.55. The number of likely N-dealkylation sites (tertiary alicyclic amines) is 1. The zero-order valence-corrected chi connectivity index (χ0v) is 17.5. The number of aromatic nitrogens is 1. The molecule has 0 radical (unpaired) electrons. The molecule has 9 heteroatoms. The van der Waals surface area contributed by atoms with Crippen molar-refractivity contribution in [1.29, 1.82) is 5.26 Å². The van der Waals surface area contributed by atoms with Gasteiger partial charge in [-0.1, -0.05) is 23.7 Å². The van der Waals surface area contributed by atoms with Crippen LogP contribution in [0.5, 0.6) is 0 Å². The number of halogens is 1. The van der Waals surface area contributed by atoms with Gasteiger partial charge in [0.1, 0.15) is 22.4 Å². The molecule has 1 atom stereocenters. The first-order chi connectivity index (χ1) is 14.9. The molecule has 2 aromatic carbocycles. The molecule has 31 heavy (non-hydrogen) atoms. The topological polar surface area (TPSA) is 111 Å². The van der Waals surface area contributed by atoms with Crippen molar-refractivity contribution < 1.29 is 14.7 Å². The van der Waals surface area contributed by atoms with E-state index in [0.29, 0.717) is 15.1 Å². The lowest BCUT2D eigenvalue weighted by atomic mass is 10.1. The molecule has 3 aromatic rings. The molecular formula is C22H14ClN3O4S. The monoisotopic (exact) mass is 451 g/mol. The van der Waals surface area contributed by atoms with E-state index in [1.807, 2.05) is 6.07 Å². The van der Waals surface area contributed by atoms with Crippen molar-refractivity contribution in [1.82, 2.24) is 9.88 Å². The molecule has 2 heterocycles. The van der Waals surface area contributed by atoms with Gasteiger partial charge in [-0.05, 0) is 42.8 Å². The first-order valence-electron chi connectivity index (χ1n) is 9.26. The molecule has 1 unspecified atom stereocenters. The minimum absolute atomic E-state index is 0.0296. The SMILES string of the molecule is N#C/C(=C(/O)C1CCC(=O)N1C(=O)c1ccc(Cl)cc1)c1nc(=O)c2ccccc2s1. The molecule has 1 saturated heterocycles. The molecular weight excluding hydrogens is 438 g/mol. The van der Waals surface area contributed by atoms with E-state index in [1.165, 1.54) is 24.3 Å². The second-order valence-corrected chi connectivity index (χ2v) is 8.29. The average Bonchev–Trinajstić information content (AvgIpc) is 3.15. The standard InChI is InChI=1S/C22H14ClN3O4S/c23-13-7-5-12(6-8-13)22(30)26-16(9-10-18(26)27)19(28)15(11-24)21-25-20(29)14-3-1-2-4-17(14)31-21/h1-8,16,28H,9-10H2/b19-15-. The number of nitrogens with zero attached hydrogens (tertiary/aromatic N) is 3. The molecule has 4 rings (SSSR count). The van der Waals surface area contributed by atoms with Crippen LogP contribution in [-0.4, -0.2) is 32.8 Å². The molecule has 1 aliphatic rings. The van der Waals surface area contributed by atoms with Crippen LogP contribution >= 0.6 is 22.9 Å². The predicted molar refractivity (Wildman–Crippen MR) is 117 cm³/mol. The van der Waals surface area contributed by atoms with Gasteiger partial charge in [-0.3, -0.25) is 19.3 Å². The summed E-state index contributed by atoms with van der Waals surface area (Å²) in [5.74, 6) is -1.53. The second kappa shape index (κ2) is 8.30. The number of carbonyl (C=O) groups is 2. The average molecular weight is 452 g/mol. The first-order valence-corrected chi connectivity index (χ1v) is 10.5. The molecule has 2 amide bonds. The summed E-state index contributed by atoms with van der Waals surface area (Å²) < 4.78 is 0.606. The van der Waals surface area contributed by atoms with Crippen molar-refractivity contribution in [2.75, 3.05) is 0 Å². The summed E-state index contributed by atoms with van der Waals surface area (Å²) in [5, 5.41) is 21.5. The summed E-state index contributed by atoms with van der Waals surface area (Å²) in [6.07, 6.45) is 0.186. The lowest BCUT2D eigenvalue weighted by Crippen LogP contribution is -2.40. The summed E-state index contributed by atoms with van der Waals surface area (Å²) in [6, 6.07) is 13.7. The van der Waals surface area contributed by atoms with Crippen LogP contribution in [0.1, 0.15) is 28.2 Å². The number of allylic oxidation sites excluding steroid dienone is 1. The predicted octanol–water partition coefficient (Wildman–Crippen LogP) is 3.93. The fraction of sp³-hybridized carbons (Fsp3) is 0.136. The molecule has 1 aliphatic heterocycles. The number of hydrogen-bond acceptors (Lipinski definition) is 7. The van der Waals surface area contributed by atoms with Gasteiger partial charge >= 0.3 is 0 Å². The van der Waals surface area contributed by atoms with Crippen LogP contribution in [0.15, 0.2) is 59.1 Å². The van der Waals surface area contributed by atoms with Crippen LogP contribution < -0.4 is 5.56 Å². The van der Waals surface area contributed by atoms with Crippen molar-refractivity contribution in [3.8, 4) is 6.07 Å². The van der Waals surface area contributed by atoms with Crippen LogP contribution in [0.2, 0.25) is 5.02 Å². The third kappa shape index (κ3) is 3.81. The number of carbonyl (C=O) groups excluding carboxylic acids is 2. The molecule has 0 bridgehead atoms. The fourth-order valence-electron chi connectivity index (χ4n) is 3.43. The van der Waals surface area contributed by atoms with E-state index in [9.17, 15) is 24.8 Å². The number of imide groups is 1. The molecule has 7 nitrogen and oxygen atoms in total. The Morgan fingerprint density at radius 3 is 2.61 bits per heavy atom. The van der Waals surface area contributed by atoms with Gasteiger partial charge in [-0.25, -0.2) is 0 Å². The Bertz CT molecular complexity index is 1340. The normalized spacial score (nSPS) is 16.8. The van der Waals surface area contributed by atoms with E-state index in [1.54, 1.807) is 24.3 Å². The van der Waals surface area contributed by atoms with Gasteiger partial charge in [0.15, 0.2) is 0 Å². The lowest BCUT2D eigenvalue weighted by Gasteiger charge is -2.23. The van der Waals surface area contributed by atoms with Crippen molar-refractivity contribution >= 4 is 50.4 Å². The zero-order chi connectivity index (χ0) is 22.1. The Hall–Kier alpha value is -3.54. The van der Waals surface area contributed by atoms with Gasteiger partial charge in [0.25, 0.3) is 11.5 Å². The summed E-state index contributed by atoms with van der Waals surface area (Å²) >= 11 is 6.93. The van der Waals surface area contributed by atoms with Gasteiger partial charge in [-0.15, -0.1) is 11.3 Å². The summed E-state index contributed by atoms with van der Waals surface area (Å²) in [6.45, 7) is 0. The van der Waals surface area contributed by atoms with Gasteiger partial charge in [0, 0.05) is 21.7 Å². The maximum Gasteiger partial charge on any atom is 0.279 e. The van der Waals surface area contributed by atoms with E-state index in [0.717, 1.165) is 16.2 Å². The maximum absolute atomic E-state index is 12.9. The number of fused-ring (bicyclic) bond motifs is 1. The van der Waals surface area contributed by atoms with Crippen molar-refractivity contribution in [3.05, 3.63) is 80.2 Å². The van der Waals surface area contributed by atoms with Crippen LogP contribution in [-0.2, 0) is 4.79 Å². The molecule has 1 fully saturated rings. The highest BCUT2D eigenvalue weighted by atomic mass is 35.5. The third-order valence-corrected chi connectivity index (χ3v) is 6.26. The maximum atomic E-state index is 12.9. The number of benzene rings is 2. The van der Waals surface area contributed by atoms with Crippen molar-refractivity contribution in [2.24, 2.45) is 0 Å². The van der Waals surface area contributed by atoms with E-state index < -0.39 is 29.2 Å². The Morgan fingerprint density at radius 1 is 1.19 bits per heavy atom. The molecule has 154 valence electrons. The Labute approximate surface area is 185 Å². The minimum Gasteiger partial charge on any atom is -0.509 e. The third-order valence-electron chi connectivity index (χ3n) is 4.95. The molecule has 0 aliphatic carbocycles. The largest absolute Gasteiger partial charge is 0.509 e. The van der Waals surface area contributed by atoms with E-state index in [4.69, 9.17) is 11.6 Å². The number of amides is 2. The summed E-state index contributed by atoms with van der Waals surface area (Å²) in [4.78, 5) is 42.6. The first kappa shape index (κ1) is 20.7. The summed E-state index contributed by atoms with van der Waals surface area (Å²) in [5.41, 5.74) is -0.535. The van der Waals surface area contributed by atoms with Gasteiger partial charge in [0.05, 0.1) is 11.4 Å². The second-order valence-electron chi connectivity index (χ2n) is 6.82. The van der Waals surface area contributed by atoms with E-state index in [2.05, 4.69) is 4.98 Å². The number of hydrogen-bond donors (Lipinski definition) is 1. The van der Waals surface area contributed by atoms with Crippen LogP contribution in [0.3, 0.4) is 0 Å². The number of aliphatic hydroxyl groups is 1. The van der Waals surface area contributed by atoms with Crippen molar-refractivity contribution in [2.45, 2.75) is 18.9 Å². The van der Waals surface area contributed by atoms with E-state index >= 15 is 0 Å². The highest BCUT2D eigenvalue weighted by molar-refractivity contribution is 7.19. The summed E-state index contributed by atoms with van der Waals surface area (Å²) in [7, 11) is 0. The smallest absolute Gasteiger partial charge is 0.279 e. The number of nitriles is 1. The van der Waals surface area contributed by atoms with Gasteiger partial charge in [-0.2, -0.15) is 10.2 Å². The van der Waals surface area contributed by atoms with Gasteiger partial charge < -0.3 is 5.11 Å². The number of aliphatic hydroxyl groups excluding tert-OH is 1. The highest BCUT2D eigenvalue weighted by Gasteiger charge is 2.40. The molecule has 1 aromatic heterocycles. The highest BCUT2D eigenvalue weighted by Crippen LogP contribution is 2.31. The van der Waals surface area contributed by atoms with Crippen LogP contribution in [0.4, 0.5) is 0 Å². The number of rotatable bonds is 3. The Morgan fingerprint density at radius 2 is 1.90 bits per heavy atom. The quantitative estimate of drug-likeness (QED) is 0.367.